The molecule has 0 aliphatic heterocycles. The van der Waals surface area contributed by atoms with Crippen molar-refractivity contribution in [1.29, 1.82) is 0 Å². The molecule has 21 heavy (non-hydrogen) atoms. The maximum atomic E-state index is 5.52. The van der Waals surface area contributed by atoms with Crippen LogP contribution in [-0.4, -0.2) is 13.7 Å². The van der Waals surface area contributed by atoms with Gasteiger partial charge in [-0.3, -0.25) is 0 Å². The SMILES string of the molecule is CCOc1ccc(CNCc2ccc(C)cc2)cc1OC. The summed E-state index contributed by atoms with van der Waals surface area (Å²) in [6, 6.07) is 14.6. The van der Waals surface area contributed by atoms with Gasteiger partial charge in [0.1, 0.15) is 0 Å². The minimum atomic E-state index is 0.640. The van der Waals surface area contributed by atoms with E-state index in [0.29, 0.717) is 6.61 Å². The predicted octanol–water partition coefficient (Wildman–Crippen LogP) is 3.69. The Balaban J connectivity index is 1.92. The van der Waals surface area contributed by atoms with Crippen LogP contribution < -0.4 is 14.8 Å². The third-order valence-electron chi connectivity index (χ3n) is 3.31. The molecule has 0 fully saturated rings. The highest BCUT2D eigenvalue weighted by Crippen LogP contribution is 2.27. The summed E-state index contributed by atoms with van der Waals surface area (Å²) in [6.07, 6.45) is 0. The molecule has 0 aliphatic carbocycles. The highest BCUT2D eigenvalue weighted by molar-refractivity contribution is 5.42. The lowest BCUT2D eigenvalue weighted by atomic mass is 10.1. The van der Waals surface area contributed by atoms with Crippen LogP contribution in [0, 0.1) is 6.92 Å². The molecule has 112 valence electrons. The van der Waals surface area contributed by atoms with E-state index in [4.69, 9.17) is 9.47 Å². The zero-order valence-electron chi connectivity index (χ0n) is 13.0. The fraction of sp³-hybridized carbons (Fsp3) is 0.333. The second-order valence-electron chi connectivity index (χ2n) is 5.01. The number of nitrogens with one attached hydrogen (secondary N) is 1. The molecule has 0 heterocycles. The number of rotatable bonds is 7. The fourth-order valence-electron chi connectivity index (χ4n) is 2.15. The van der Waals surface area contributed by atoms with E-state index in [1.165, 1.54) is 16.7 Å². The van der Waals surface area contributed by atoms with Crippen LogP contribution >= 0.6 is 0 Å². The van der Waals surface area contributed by atoms with Crippen LogP contribution in [-0.2, 0) is 13.1 Å². The molecule has 0 aliphatic rings. The molecule has 0 spiro atoms. The van der Waals surface area contributed by atoms with Crippen LogP contribution in [0.15, 0.2) is 42.5 Å². The average molecular weight is 285 g/mol. The first-order valence-corrected chi connectivity index (χ1v) is 7.29. The highest BCUT2D eigenvalue weighted by Gasteiger charge is 2.05. The number of hydrogen-bond acceptors (Lipinski definition) is 3. The molecule has 0 bridgehead atoms. The molecule has 0 unspecified atom stereocenters. The molecule has 2 aromatic rings. The zero-order valence-corrected chi connectivity index (χ0v) is 13.0. The molecule has 0 atom stereocenters. The lowest BCUT2D eigenvalue weighted by molar-refractivity contribution is 0.310. The van der Waals surface area contributed by atoms with Gasteiger partial charge in [0.05, 0.1) is 13.7 Å². The Morgan fingerprint density at radius 3 is 2.24 bits per heavy atom. The van der Waals surface area contributed by atoms with E-state index in [0.717, 1.165) is 24.6 Å². The van der Waals surface area contributed by atoms with Crippen LogP contribution in [0.4, 0.5) is 0 Å². The lowest BCUT2D eigenvalue weighted by Gasteiger charge is -2.11. The molecule has 3 heteroatoms. The van der Waals surface area contributed by atoms with Crippen molar-refractivity contribution >= 4 is 0 Å². The van der Waals surface area contributed by atoms with Crippen molar-refractivity contribution in [2.24, 2.45) is 0 Å². The number of ether oxygens (including phenoxy) is 2. The molecule has 0 saturated carbocycles. The second kappa shape index (κ2) is 7.70. The smallest absolute Gasteiger partial charge is 0.161 e. The molecule has 0 saturated heterocycles. The summed E-state index contributed by atoms with van der Waals surface area (Å²) >= 11 is 0. The Morgan fingerprint density at radius 2 is 1.57 bits per heavy atom. The zero-order chi connectivity index (χ0) is 15.1. The van der Waals surface area contributed by atoms with Gasteiger partial charge in [-0.15, -0.1) is 0 Å². The maximum absolute atomic E-state index is 5.52. The van der Waals surface area contributed by atoms with Crippen molar-refractivity contribution in [3.63, 3.8) is 0 Å². The van der Waals surface area contributed by atoms with Gasteiger partial charge in [-0.1, -0.05) is 35.9 Å². The number of methoxy groups -OCH3 is 1. The first-order valence-electron chi connectivity index (χ1n) is 7.29. The summed E-state index contributed by atoms with van der Waals surface area (Å²) in [5.41, 5.74) is 3.76. The Bertz CT molecular complexity index is 564. The quantitative estimate of drug-likeness (QED) is 0.841. The first kappa shape index (κ1) is 15.4. The summed E-state index contributed by atoms with van der Waals surface area (Å²) in [5, 5.41) is 3.44. The minimum absolute atomic E-state index is 0.640. The summed E-state index contributed by atoms with van der Waals surface area (Å²) in [5.74, 6) is 1.58. The van der Waals surface area contributed by atoms with Crippen LogP contribution in [0.5, 0.6) is 11.5 Å². The van der Waals surface area contributed by atoms with Gasteiger partial charge in [-0.2, -0.15) is 0 Å². The minimum Gasteiger partial charge on any atom is -0.493 e. The van der Waals surface area contributed by atoms with Gasteiger partial charge in [0, 0.05) is 13.1 Å². The van der Waals surface area contributed by atoms with E-state index < -0.39 is 0 Å². The van der Waals surface area contributed by atoms with E-state index in [2.05, 4.69) is 42.6 Å². The van der Waals surface area contributed by atoms with Crippen LogP contribution in [0.1, 0.15) is 23.6 Å². The van der Waals surface area contributed by atoms with Gasteiger partial charge in [0.25, 0.3) is 0 Å². The largest absolute Gasteiger partial charge is 0.493 e. The van der Waals surface area contributed by atoms with E-state index >= 15 is 0 Å². The van der Waals surface area contributed by atoms with E-state index in [-0.39, 0.29) is 0 Å². The topological polar surface area (TPSA) is 30.5 Å². The van der Waals surface area contributed by atoms with E-state index in [9.17, 15) is 0 Å². The summed E-state index contributed by atoms with van der Waals surface area (Å²) < 4.78 is 10.9. The van der Waals surface area contributed by atoms with E-state index in [1.54, 1.807) is 7.11 Å². The number of aryl methyl sites for hydroxylation is 1. The van der Waals surface area contributed by atoms with Crippen molar-refractivity contribution in [2.45, 2.75) is 26.9 Å². The molecular weight excluding hydrogens is 262 g/mol. The maximum Gasteiger partial charge on any atom is 0.161 e. The van der Waals surface area contributed by atoms with Crippen molar-refractivity contribution in [3.05, 3.63) is 59.2 Å². The molecule has 2 aromatic carbocycles. The van der Waals surface area contributed by atoms with Crippen LogP contribution in [0.2, 0.25) is 0 Å². The number of benzene rings is 2. The standard InChI is InChI=1S/C18H23NO2/c1-4-21-17-10-9-16(11-18(17)20-3)13-19-12-15-7-5-14(2)6-8-15/h5-11,19H,4,12-13H2,1-3H3. The van der Waals surface area contributed by atoms with Gasteiger partial charge in [-0.05, 0) is 37.1 Å². The predicted molar refractivity (Wildman–Crippen MR) is 85.9 cm³/mol. The van der Waals surface area contributed by atoms with Gasteiger partial charge in [0.15, 0.2) is 11.5 Å². The van der Waals surface area contributed by atoms with Gasteiger partial charge in [-0.25, -0.2) is 0 Å². The normalized spacial score (nSPS) is 10.4. The third kappa shape index (κ3) is 4.50. The Morgan fingerprint density at radius 1 is 0.905 bits per heavy atom. The average Bonchev–Trinajstić information content (AvgIpc) is 2.51. The van der Waals surface area contributed by atoms with Crippen LogP contribution in [0.3, 0.4) is 0 Å². The monoisotopic (exact) mass is 285 g/mol. The molecular formula is C18H23NO2. The van der Waals surface area contributed by atoms with Gasteiger partial charge < -0.3 is 14.8 Å². The van der Waals surface area contributed by atoms with Crippen molar-refractivity contribution in [2.75, 3.05) is 13.7 Å². The summed E-state index contributed by atoms with van der Waals surface area (Å²) in [7, 11) is 1.67. The summed E-state index contributed by atoms with van der Waals surface area (Å²) in [6.45, 7) is 6.37. The fourth-order valence-corrected chi connectivity index (χ4v) is 2.15. The molecule has 3 nitrogen and oxygen atoms in total. The molecule has 0 amide bonds. The van der Waals surface area contributed by atoms with Gasteiger partial charge in [0.2, 0.25) is 0 Å². The van der Waals surface area contributed by atoms with E-state index in [1.807, 2.05) is 19.1 Å². The molecule has 0 aromatic heterocycles. The van der Waals surface area contributed by atoms with Crippen LogP contribution in [0.25, 0.3) is 0 Å². The first-order chi connectivity index (χ1) is 10.2. The van der Waals surface area contributed by atoms with Gasteiger partial charge >= 0.3 is 0 Å². The molecule has 0 radical (unpaired) electrons. The lowest BCUT2D eigenvalue weighted by Crippen LogP contribution is -2.12. The third-order valence-corrected chi connectivity index (χ3v) is 3.31. The number of hydrogen-bond donors (Lipinski definition) is 1. The molecule has 1 N–H and O–H groups in total. The Hall–Kier alpha value is -2.00. The van der Waals surface area contributed by atoms with Crippen molar-refractivity contribution < 1.29 is 9.47 Å². The Labute approximate surface area is 126 Å². The second-order valence-corrected chi connectivity index (χ2v) is 5.01. The van der Waals surface area contributed by atoms with Crippen molar-refractivity contribution in [1.82, 2.24) is 5.32 Å². The molecule has 2 rings (SSSR count). The summed E-state index contributed by atoms with van der Waals surface area (Å²) in [4.78, 5) is 0. The highest BCUT2D eigenvalue weighted by atomic mass is 16.5. The Kier molecular flexibility index (Phi) is 5.64. The van der Waals surface area contributed by atoms with Crippen molar-refractivity contribution in [3.8, 4) is 11.5 Å².